The summed E-state index contributed by atoms with van der Waals surface area (Å²) in [6, 6.07) is 5.29. The average molecular weight is 327 g/mol. The van der Waals surface area contributed by atoms with Crippen LogP contribution < -0.4 is 14.8 Å². The highest BCUT2D eigenvalue weighted by molar-refractivity contribution is 7.91. The van der Waals surface area contributed by atoms with Crippen molar-refractivity contribution in [3.8, 4) is 11.5 Å². The van der Waals surface area contributed by atoms with Crippen molar-refractivity contribution < 1.29 is 22.7 Å². The van der Waals surface area contributed by atoms with E-state index in [1.807, 2.05) is 0 Å². The van der Waals surface area contributed by atoms with Crippen LogP contribution in [0.3, 0.4) is 0 Å². The van der Waals surface area contributed by atoms with Crippen molar-refractivity contribution in [3.63, 3.8) is 0 Å². The number of carbonyl (C=O) groups is 1. The quantitative estimate of drug-likeness (QED) is 0.836. The normalized spacial score (nSPS) is 19.6. The van der Waals surface area contributed by atoms with Gasteiger partial charge in [0.05, 0.1) is 32.1 Å². The Bertz CT molecular complexity index is 641. The molecule has 1 aliphatic heterocycles. The second-order valence-electron chi connectivity index (χ2n) is 5.43. The maximum Gasteiger partial charge on any atom is 0.224 e. The molecule has 22 heavy (non-hydrogen) atoms. The van der Waals surface area contributed by atoms with Crippen LogP contribution in [0.2, 0.25) is 0 Å². The minimum Gasteiger partial charge on any atom is -0.497 e. The summed E-state index contributed by atoms with van der Waals surface area (Å²) in [6.45, 7) is 0.399. The second-order valence-corrected chi connectivity index (χ2v) is 7.66. The first kappa shape index (κ1) is 16.6. The lowest BCUT2D eigenvalue weighted by Crippen LogP contribution is -2.31. The summed E-state index contributed by atoms with van der Waals surface area (Å²) in [5.41, 5.74) is 0.764. The fourth-order valence-electron chi connectivity index (χ4n) is 2.52. The van der Waals surface area contributed by atoms with E-state index in [1.54, 1.807) is 32.4 Å². The molecule has 1 N–H and O–H groups in total. The van der Waals surface area contributed by atoms with Gasteiger partial charge in [0, 0.05) is 18.2 Å². The third kappa shape index (κ3) is 4.37. The molecule has 1 aromatic carbocycles. The number of ether oxygens (including phenoxy) is 2. The number of amides is 1. The highest BCUT2D eigenvalue weighted by Gasteiger charge is 2.27. The van der Waals surface area contributed by atoms with Crippen molar-refractivity contribution in [1.82, 2.24) is 5.32 Å². The fraction of sp³-hybridized carbons (Fsp3) is 0.533. The third-order valence-corrected chi connectivity index (χ3v) is 5.60. The Hall–Kier alpha value is -1.76. The van der Waals surface area contributed by atoms with Gasteiger partial charge < -0.3 is 14.8 Å². The Morgan fingerprint density at radius 1 is 1.32 bits per heavy atom. The summed E-state index contributed by atoms with van der Waals surface area (Å²) >= 11 is 0. The minimum absolute atomic E-state index is 0.0201. The minimum atomic E-state index is -2.91. The molecule has 0 spiro atoms. The van der Waals surface area contributed by atoms with Gasteiger partial charge in [0.1, 0.15) is 11.5 Å². The molecule has 1 saturated heterocycles. The van der Waals surface area contributed by atoms with E-state index in [-0.39, 0.29) is 29.8 Å². The molecule has 0 saturated carbocycles. The Balaban J connectivity index is 1.89. The van der Waals surface area contributed by atoms with Gasteiger partial charge in [-0.1, -0.05) is 6.07 Å². The predicted octanol–water partition coefficient (Wildman–Crippen LogP) is 0.797. The zero-order valence-electron chi connectivity index (χ0n) is 12.8. The van der Waals surface area contributed by atoms with E-state index < -0.39 is 9.84 Å². The molecule has 122 valence electrons. The number of benzene rings is 1. The highest BCUT2D eigenvalue weighted by atomic mass is 32.2. The summed E-state index contributed by atoms with van der Waals surface area (Å²) in [4.78, 5) is 12.0. The summed E-state index contributed by atoms with van der Waals surface area (Å²) < 4.78 is 33.1. The van der Waals surface area contributed by atoms with Crippen LogP contribution in [0.15, 0.2) is 18.2 Å². The van der Waals surface area contributed by atoms with Gasteiger partial charge in [-0.05, 0) is 18.4 Å². The van der Waals surface area contributed by atoms with E-state index in [0.29, 0.717) is 24.5 Å². The van der Waals surface area contributed by atoms with E-state index in [2.05, 4.69) is 5.32 Å². The number of hydrogen-bond acceptors (Lipinski definition) is 5. The number of sulfone groups is 1. The number of nitrogens with one attached hydrogen (secondary N) is 1. The van der Waals surface area contributed by atoms with Gasteiger partial charge in [-0.3, -0.25) is 4.79 Å². The van der Waals surface area contributed by atoms with Crippen LogP contribution in [0.25, 0.3) is 0 Å². The van der Waals surface area contributed by atoms with E-state index in [0.717, 1.165) is 5.56 Å². The standard InChI is InChI=1S/C15H21NO5S/c1-20-13-4-3-12(14(8-13)21-2)7-15(17)16-9-11-5-6-22(18,19)10-11/h3-4,8,11H,5-7,9-10H2,1-2H3,(H,16,17)/t11-/m0/s1. The lowest BCUT2D eigenvalue weighted by molar-refractivity contribution is -0.120. The molecule has 6 nitrogen and oxygen atoms in total. The van der Waals surface area contributed by atoms with Gasteiger partial charge >= 0.3 is 0 Å². The highest BCUT2D eigenvalue weighted by Crippen LogP contribution is 2.25. The van der Waals surface area contributed by atoms with Crippen molar-refractivity contribution in [3.05, 3.63) is 23.8 Å². The fourth-order valence-corrected chi connectivity index (χ4v) is 4.39. The maximum absolute atomic E-state index is 12.0. The zero-order valence-corrected chi connectivity index (χ0v) is 13.6. The van der Waals surface area contributed by atoms with Crippen molar-refractivity contribution in [2.45, 2.75) is 12.8 Å². The van der Waals surface area contributed by atoms with Crippen molar-refractivity contribution in [1.29, 1.82) is 0 Å². The van der Waals surface area contributed by atoms with Gasteiger partial charge in [0.2, 0.25) is 5.91 Å². The molecule has 1 heterocycles. The molecule has 0 bridgehead atoms. The van der Waals surface area contributed by atoms with Crippen molar-refractivity contribution >= 4 is 15.7 Å². The van der Waals surface area contributed by atoms with Gasteiger partial charge in [-0.25, -0.2) is 8.42 Å². The van der Waals surface area contributed by atoms with E-state index in [4.69, 9.17) is 9.47 Å². The average Bonchev–Trinajstić information content (AvgIpc) is 2.85. The lowest BCUT2D eigenvalue weighted by atomic mass is 10.1. The first-order valence-corrected chi connectivity index (χ1v) is 8.93. The molecule has 0 aliphatic carbocycles. The van der Waals surface area contributed by atoms with Crippen LogP contribution in [0, 0.1) is 5.92 Å². The van der Waals surface area contributed by atoms with Crippen LogP contribution in [-0.4, -0.2) is 46.6 Å². The van der Waals surface area contributed by atoms with Crippen LogP contribution in [0.4, 0.5) is 0 Å². The first-order chi connectivity index (χ1) is 10.4. The van der Waals surface area contributed by atoms with E-state index in [1.165, 1.54) is 0 Å². The smallest absolute Gasteiger partial charge is 0.224 e. The Morgan fingerprint density at radius 3 is 2.68 bits per heavy atom. The number of rotatable bonds is 6. The molecule has 0 aromatic heterocycles. The van der Waals surface area contributed by atoms with E-state index in [9.17, 15) is 13.2 Å². The monoisotopic (exact) mass is 327 g/mol. The Morgan fingerprint density at radius 2 is 2.09 bits per heavy atom. The zero-order chi connectivity index (χ0) is 16.2. The maximum atomic E-state index is 12.0. The molecule has 7 heteroatoms. The summed E-state index contributed by atoms with van der Waals surface area (Å²) in [7, 11) is 0.202. The molecule has 0 unspecified atom stereocenters. The molecule has 1 aliphatic rings. The SMILES string of the molecule is COc1ccc(CC(=O)NC[C@@H]2CCS(=O)(=O)C2)c(OC)c1. The van der Waals surface area contributed by atoms with Crippen LogP contribution >= 0.6 is 0 Å². The van der Waals surface area contributed by atoms with E-state index >= 15 is 0 Å². The number of hydrogen-bond donors (Lipinski definition) is 1. The van der Waals surface area contributed by atoms with Crippen LogP contribution in [-0.2, 0) is 21.1 Å². The topological polar surface area (TPSA) is 81.7 Å². The summed E-state index contributed by atoms with van der Waals surface area (Å²) in [5, 5.41) is 2.80. The van der Waals surface area contributed by atoms with Crippen molar-refractivity contribution in [2.75, 3.05) is 32.3 Å². The first-order valence-electron chi connectivity index (χ1n) is 7.11. The number of methoxy groups -OCH3 is 2. The predicted molar refractivity (Wildman–Crippen MR) is 83.0 cm³/mol. The van der Waals surface area contributed by atoms with Gasteiger partial charge in [0.15, 0.2) is 9.84 Å². The molecule has 0 radical (unpaired) electrons. The van der Waals surface area contributed by atoms with Crippen LogP contribution in [0.5, 0.6) is 11.5 Å². The van der Waals surface area contributed by atoms with Crippen molar-refractivity contribution in [2.24, 2.45) is 5.92 Å². The Kier molecular flexibility index (Phi) is 5.28. The van der Waals surface area contributed by atoms with Crippen LogP contribution in [0.1, 0.15) is 12.0 Å². The lowest BCUT2D eigenvalue weighted by Gasteiger charge is -2.12. The molecule has 1 fully saturated rings. The molecular formula is C15H21NO5S. The van der Waals surface area contributed by atoms with Gasteiger partial charge in [-0.2, -0.15) is 0 Å². The molecule has 2 rings (SSSR count). The second kappa shape index (κ2) is 7.00. The molecule has 1 aromatic rings. The summed E-state index contributed by atoms with van der Waals surface area (Å²) in [5.74, 6) is 1.52. The molecule has 1 amide bonds. The number of carbonyl (C=O) groups excluding carboxylic acids is 1. The molecular weight excluding hydrogens is 306 g/mol. The third-order valence-electron chi connectivity index (χ3n) is 3.76. The van der Waals surface area contributed by atoms with Gasteiger partial charge in [0.25, 0.3) is 0 Å². The largest absolute Gasteiger partial charge is 0.497 e. The summed E-state index contributed by atoms with van der Waals surface area (Å²) in [6.07, 6.45) is 0.807. The Labute approximate surface area is 130 Å². The molecule has 1 atom stereocenters. The van der Waals surface area contributed by atoms with Gasteiger partial charge in [-0.15, -0.1) is 0 Å².